The molecule has 16 heavy (non-hydrogen) atoms. The Balaban J connectivity index is 4.50. The third-order valence-corrected chi connectivity index (χ3v) is 4.23. The van der Waals surface area contributed by atoms with Gasteiger partial charge in [-0.15, -0.1) is 0 Å². The minimum absolute atomic E-state index is 0.0858. The van der Waals surface area contributed by atoms with E-state index in [1.165, 1.54) is 11.8 Å². The molecule has 0 fully saturated rings. The van der Waals surface area contributed by atoms with Gasteiger partial charge in [0.2, 0.25) is 5.91 Å². The van der Waals surface area contributed by atoms with Gasteiger partial charge in [-0.2, -0.15) is 11.8 Å². The molecule has 0 radical (unpaired) electrons. The van der Waals surface area contributed by atoms with Crippen LogP contribution >= 0.6 is 11.8 Å². The monoisotopic (exact) mass is 269 g/mol. The fourth-order valence-electron chi connectivity index (χ4n) is 0.968. The molecular weight excluding hydrogens is 254 g/mol. The Kier molecular flexibility index (Phi) is 6.42. The van der Waals surface area contributed by atoms with Gasteiger partial charge in [-0.25, -0.2) is 13.2 Å². The lowest BCUT2D eigenvalue weighted by molar-refractivity contribution is -0.140. The fourth-order valence-corrected chi connectivity index (χ4v) is 3.55. The Morgan fingerprint density at radius 2 is 2.00 bits per heavy atom. The molecule has 0 spiro atoms. The maximum atomic E-state index is 11.5. The van der Waals surface area contributed by atoms with Crippen LogP contribution in [0.5, 0.6) is 0 Å². The van der Waals surface area contributed by atoms with Crippen molar-refractivity contribution >= 4 is 33.5 Å². The molecule has 0 aliphatic carbocycles. The van der Waals surface area contributed by atoms with Crippen LogP contribution in [0.15, 0.2) is 0 Å². The zero-order chi connectivity index (χ0) is 12.8. The van der Waals surface area contributed by atoms with Crippen molar-refractivity contribution < 1.29 is 23.1 Å². The summed E-state index contributed by atoms with van der Waals surface area (Å²) in [4.78, 5) is 21.4. The second-order valence-electron chi connectivity index (χ2n) is 3.20. The van der Waals surface area contributed by atoms with E-state index in [0.29, 0.717) is 5.75 Å². The molecule has 1 amide bonds. The van der Waals surface area contributed by atoms with Crippen LogP contribution in [0.3, 0.4) is 0 Å². The van der Waals surface area contributed by atoms with Gasteiger partial charge in [-0.1, -0.05) is 0 Å². The second-order valence-corrected chi connectivity index (χ2v) is 6.41. The van der Waals surface area contributed by atoms with Gasteiger partial charge in [0.1, 0.15) is 6.04 Å². The van der Waals surface area contributed by atoms with Gasteiger partial charge in [0, 0.05) is 12.7 Å². The quantitative estimate of drug-likeness (QED) is 0.637. The van der Waals surface area contributed by atoms with Crippen LogP contribution in [0.1, 0.15) is 6.92 Å². The van der Waals surface area contributed by atoms with Crippen LogP contribution in [0, 0.1) is 0 Å². The molecule has 0 unspecified atom stereocenters. The Morgan fingerprint density at radius 3 is 2.38 bits per heavy atom. The number of hydrogen-bond donors (Lipinski definition) is 2. The highest BCUT2D eigenvalue weighted by Gasteiger charge is 2.25. The van der Waals surface area contributed by atoms with Gasteiger partial charge < -0.3 is 10.4 Å². The van der Waals surface area contributed by atoms with Crippen LogP contribution in [0.4, 0.5) is 0 Å². The summed E-state index contributed by atoms with van der Waals surface area (Å²) < 4.78 is 22.9. The van der Waals surface area contributed by atoms with Gasteiger partial charge in [-0.3, -0.25) is 4.79 Å². The molecule has 0 saturated carbocycles. The lowest BCUT2D eigenvalue weighted by atomic mass is 10.3. The first-order chi connectivity index (χ1) is 7.28. The average Bonchev–Trinajstić information content (AvgIpc) is 2.12. The summed E-state index contributed by atoms with van der Waals surface area (Å²) in [5.74, 6) is -2.15. The van der Waals surface area contributed by atoms with Gasteiger partial charge >= 0.3 is 5.97 Å². The van der Waals surface area contributed by atoms with Crippen molar-refractivity contribution in [3.05, 3.63) is 0 Å². The Hall–Kier alpha value is -0.760. The summed E-state index contributed by atoms with van der Waals surface area (Å²) in [5, 5.41) is 10.8. The number of sulfone groups is 1. The molecule has 0 aromatic heterocycles. The first kappa shape index (κ1) is 15.2. The normalized spacial score (nSPS) is 13.1. The molecule has 0 aromatic rings. The topological polar surface area (TPSA) is 101 Å². The van der Waals surface area contributed by atoms with Crippen molar-refractivity contribution in [1.29, 1.82) is 0 Å². The maximum absolute atomic E-state index is 11.5. The Morgan fingerprint density at radius 1 is 1.44 bits per heavy atom. The van der Waals surface area contributed by atoms with Crippen molar-refractivity contribution in [2.24, 2.45) is 0 Å². The standard InChI is InChI=1S/C8H15NO5S2/c1-6(10)9-7(8(11)12)5-16(13,14)4-3-15-2/h7H,3-5H2,1-2H3,(H,9,10)(H,11,12)/t7-/m0/s1. The van der Waals surface area contributed by atoms with E-state index in [9.17, 15) is 18.0 Å². The van der Waals surface area contributed by atoms with Crippen molar-refractivity contribution in [3.63, 3.8) is 0 Å². The molecule has 2 N–H and O–H groups in total. The van der Waals surface area contributed by atoms with E-state index < -0.39 is 33.5 Å². The molecule has 0 rings (SSSR count). The molecule has 0 aromatic carbocycles. The zero-order valence-electron chi connectivity index (χ0n) is 9.10. The van der Waals surface area contributed by atoms with Gasteiger partial charge in [0.15, 0.2) is 9.84 Å². The van der Waals surface area contributed by atoms with E-state index in [-0.39, 0.29) is 5.75 Å². The van der Waals surface area contributed by atoms with E-state index in [1.54, 1.807) is 6.26 Å². The minimum atomic E-state index is -3.45. The molecule has 1 atom stereocenters. The van der Waals surface area contributed by atoms with E-state index in [1.807, 2.05) is 0 Å². The van der Waals surface area contributed by atoms with Crippen LogP contribution in [-0.2, 0) is 19.4 Å². The smallest absolute Gasteiger partial charge is 0.327 e. The first-order valence-electron chi connectivity index (χ1n) is 4.48. The minimum Gasteiger partial charge on any atom is -0.480 e. The first-order valence-corrected chi connectivity index (χ1v) is 7.69. The van der Waals surface area contributed by atoms with E-state index in [2.05, 4.69) is 5.32 Å². The van der Waals surface area contributed by atoms with Crippen LogP contribution in [0.25, 0.3) is 0 Å². The molecular formula is C8H15NO5S2. The van der Waals surface area contributed by atoms with Crippen molar-refractivity contribution in [2.75, 3.05) is 23.5 Å². The summed E-state index contributed by atoms with van der Waals surface area (Å²) in [6.45, 7) is 1.14. The van der Waals surface area contributed by atoms with Gasteiger partial charge in [-0.05, 0) is 6.26 Å². The summed E-state index contributed by atoms with van der Waals surface area (Å²) in [6, 6.07) is -1.37. The number of amides is 1. The average molecular weight is 269 g/mol. The number of hydrogen-bond acceptors (Lipinski definition) is 5. The predicted octanol–water partition coefficient (Wildman–Crippen LogP) is -0.646. The van der Waals surface area contributed by atoms with Gasteiger partial charge in [0.25, 0.3) is 0 Å². The molecule has 0 saturated heterocycles. The number of carbonyl (C=O) groups is 2. The summed E-state index contributed by atoms with van der Waals surface area (Å²) in [5.41, 5.74) is 0. The third kappa shape index (κ3) is 6.67. The number of nitrogens with one attached hydrogen (secondary N) is 1. The summed E-state index contributed by atoms with van der Waals surface area (Å²) in [6.07, 6.45) is 1.76. The van der Waals surface area contributed by atoms with Crippen molar-refractivity contribution in [2.45, 2.75) is 13.0 Å². The number of thioether (sulfide) groups is 1. The highest BCUT2D eigenvalue weighted by Crippen LogP contribution is 2.00. The molecule has 0 bridgehead atoms. The largest absolute Gasteiger partial charge is 0.480 e. The lowest BCUT2D eigenvalue weighted by Gasteiger charge is -2.13. The highest BCUT2D eigenvalue weighted by atomic mass is 32.2. The third-order valence-electron chi connectivity index (χ3n) is 1.69. The highest BCUT2D eigenvalue weighted by molar-refractivity contribution is 8.00. The second kappa shape index (κ2) is 6.74. The molecule has 94 valence electrons. The summed E-state index contributed by atoms with van der Waals surface area (Å²) in [7, 11) is -3.45. The van der Waals surface area contributed by atoms with Crippen molar-refractivity contribution in [3.8, 4) is 0 Å². The van der Waals surface area contributed by atoms with Crippen LogP contribution < -0.4 is 5.32 Å². The van der Waals surface area contributed by atoms with Gasteiger partial charge in [0.05, 0.1) is 11.5 Å². The molecule has 0 aliphatic rings. The predicted molar refractivity (Wildman–Crippen MR) is 62.3 cm³/mol. The number of carboxylic acid groups (broad SMARTS) is 1. The summed E-state index contributed by atoms with van der Waals surface area (Å²) >= 11 is 1.36. The van der Waals surface area contributed by atoms with E-state index in [0.717, 1.165) is 6.92 Å². The number of aliphatic carboxylic acids is 1. The van der Waals surface area contributed by atoms with Crippen LogP contribution in [-0.4, -0.2) is 55.0 Å². The Labute approximate surface area is 98.7 Å². The molecule has 8 heteroatoms. The van der Waals surface area contributed by atoms with E-state index in [4.69, 9.17) is 5.11 Å². The number of carboxylic acids is 1. The number of carbonyl (C=O) groups excluding carboxylic acids is 1. The van der Waals surface area contributed by atoms with E-state index >= 15 is 0 Å². The molecule has 0 heterocycles. The zero-order valence-corrected chi connectivity index (χ0v) is 10.7. The Bertz CT molecular complexity index is 351. The maximum Gasteiger partial charge on any atom is 0.327 e. The number of rotatable bonds is 7. The van der Waals surface area contributed by atoms with Crippen molar-refractivity contribution in [1.82, 2.24) is 5.32 Å². The fraction of sp³-hybridized carbons (Fsp3) is 0.750. The lowest BCUT2D eigenvalue weighted by Crippen LogP contribution is -2.45. The SMILES string of the molecule is CSCCS(=O)(=O)C[C@H](NC(C)=O)C(=O)O. The van der Waals surface area contributed by atoms with Crippen LogP contribution in [0.2, 0.25) is 0 Å². The molecule has 6 nitrogen and oxygen atoms in total. The molecule has 0 aliphatic heterocycles.